The van der Waals surface area contributed by atoms with E-state index in [4.69, 9.17) is 0 Å². The highest BCUT2D eigenvalue weighted by Gasteiger charge is 2.09. The van der Waals surface area contributed by atoms with Gasteiger partial charge in [-0.1, -0.05) is 17.7 Å². The first-order valence-corrected chi connectivity index (χ1v) is 6.65. The van der Waals surface area contributed by atoms with Gasteiger partial charge in [0.15, 0.2) is 0 Å². The van der Waals surface area contributed by atoms with Gasteiger partial charge in [-0.25, -0.2) is 4.98 Å². The fourth-order valence-corrected chi connectivity index (χ4v) is 1.94. The lowest BCUT2D eigenvalue weighted by molar-refractivity contribution is 0.970. The molecule has 0 bridgehead atoms. The summed E-state index contributed by atoms with van der Waals surface area (Å²) in [7, 11) is 0. The molecule has 100 valence electrons. The van der Waals surface area contributed by atoms with E-state index >= 15 is 0 Å². The summed E-state index contributed by atoms with van der Waals surface area (Å²) in [5.41, 5.74) is 2.41. The molecule has 1 aromatic carbocycles. The highest BCUT2D eigenvalue weighted by atomic mass is 15.2. The average Bonchev–Trinajstić information content (AvgIpc) is 2.43. The molecule has 0 aliphatic heterocycles. The molecule has 1 N–H and O–H groups in total. The van der Waals surface area contributed by atoms with Crippen LogP contribution in [0.15, 0.2) is 36.5 Å². The molecule has 0 atom stereocenters. The molecule has 0 amide bonds. The Kier molecular flexibility index (Phi) is 4.34. The zero-order chi connectivity index (χ0) is 13.7. The Balaban J connectivity index is 2.30. The van der Waals surface area contributed by atoms with Crippen LogP contribution < -0.4 is 10.2 Å². The van der Waals surface area contributed by atoms with E-state index < -0.39 is 0 Å². The van der Waals surface area contributed by atoms with Crippen molar-refractivity contribution in [3.05, 3.63) is 42.1 Å². The smallest absolute Gasteiger partial charge is 0.224 e. The van der Waals surface area contributed by atoms with Crippen LogP contribution in [0.25, 0.3) is 0 Å². The highest BCUT2D eigenvalue weighted by Crippen LogP contribution is 2.23. The summed E-state index contributed by atoms with van der Waals surface area (Å²) >= 11 is 0. The van der Waals surface area contributed by atoms with Crippen molar-refractivity contribution in [3.63, 3.8) is 0 Å². The van der Waals surface area contributed by atoms with Crippen molar-refractivity contribution in [2.45, 2.75) is 20.8 Å². The molecular formula is C15H20N4. The van der Waals surface area contributed by atoms with E-state index in [0.717, 1.165) is 24.6 Å². The minimum atomic E-state index is 0.672. The first-order chi connectivity index (χ1) is 9.24. The number of hydrogen-bond donors (Lipinski definition) is 1. The van der Waals surface area contributed by atoms with E-state index in [0.29, 0.717) is 5.95 Å². The molecular weight excluding hydrogens is 236 g/mol. The molecule has 4 nitrogen and oxygen atoms in total. The van der Waals surface area contributed by atoms with Gasteiger partial charge in [-0.05, 0) is 39.0 Å². The van der Waals surface area contributed by atoms with E-state index in [1.54, 1.807) is 6.20 Å². The average molecular weight is 256 g/mol. The van der Waals surface area contributed by atoms with Gasteiger partial charge in [0.1, 0.15) is 5.82 Å². The van der Waals surface area contributed by atoms with Gasteiger partial charge in [0.25, 0.3) is 0 Å². The lowest BCUT2D eigenvalue weighted by atomic mass is 10.2. The van der Waals surface area contributed by atoms with Crippen LogP contribution in [-0.2, 0) is 0 Å². The fourth-order valence-electron chi connectivity index (χ4n) is 1.94. The minimum Gasteiger partial charge on any atom is -0.354 e. The van der Waals surface area contributed by atoms with Gasteiger partial charge in [-0.3, -0.25) is 0 Å². The Morgan fingerprint density at radius 1 is 1.11 bits per heavy atom. The summed E-state index contributed by atoms with van der Waals surface area (Å²) in [5.74, 6) is 1.59. The number of rotatable bonds is 5. The van der Waals surface area contributed by atoms with Crippen molar-refractivity contribution in [1.82, 2.24) is 9.97 Å². The monoisotopic (exact) mass is 256 g/mol. The summed E-state index contributed by atoms with van der Waals surface area (Å²) in [4.78, 5) is 10.9. The van der Waals surface area contributed by atoms with Crippen LogP contribution in [0.4, 0.5) is 17.5 Å². The molecule has 0 radical (unpaired) electrons. The second-order valence-corrected chi connectivity index (χ2v) is 4.35. The van der Waals surface area contributed by atoms with Gasteiger partial charge in [0.2, 0.25) is 5.95 Å². The van der Waals surface area contributed by atoms with Crippen molar-refractivity contribution in [1.29, 1.82) is 0 Å². The quantitative estimate of drug-likeness (QED) is 0.890. The maximum absolute atomic E-state index is 4.54. The molecule has 0 spiro atoms. The largest absolute Gasteiger partial charge is 0.354 e. The molecule has 1 heterocycles. The van der Waals surface area contributed by atoms with Gasteiger partial charge in [0, 0.05) is 25.0 Å². The van der Waals surface area contributed by atoms with E-state index in [9.17, 15) is 0 Å². The van der Waals surface area contributed by atoms with E-state index in [-0.39, 0.29) is 0 Å². The lowest BCUT2D eigenvalue weighted by Gasteiger charge is -2.22. The summed E-state index contributed by atoms with van der Waals surface area (Å²) in [6.07, 6.45) is 1.79. The van der Waals surface area contributed by atoms with Gasteiger partial charge in [-0.15, -0.1) is 0 Å². The third kappa shape index (κ3) is 3.22. The van der Waals surface area contributed by atoms with Crippen LogP contribution in [0.5, 0.6) is 0 Å². The third-order valence-electron chi connectivity index (χ3n) is 2.91. The summed E-state index contributed by atoms with van der Waals surface area (Å²) in [5, 5.41) is 3.14. The van der Waals surface area contributed by atoms with Crippen LogP contribution >= 0.6 is 0 Å². The highest BCUT2D eigenvalue weighted by molar-refractivity contribution is 5.60. The van der Waals surface area contributed by atoms with Gasteiger partial charge in [-0.2, -0.15) is 4.98 Å². The Bertz CT molecular complexity index is 522. The van der Waals surface area contributed by atoms with Crippen molar-refractivity contribution >= 4 is 17.5 Å². The molecule has 0 saturated carbocycles. The predicted octanol–water partition coefficient (Wildman–Crippen LogP) is 3.37. The van der Waals surface area contributed by atoms with Crippen LogP contribution in [0.1, 0.15) is 19.4 Å². The van der Waals surface area contributed by atoms with Crippen molar-refractivity contribution < 1.29 is 0 Å². The second-order valence-electron chi connectivity index (χ2n) is 4.35. The van der Waals surface area contributed by atoms with E-state index in [1.165, 1.54) is 5.56 Å². The number of aryl methyl sites for hydroxylation is 1. The number of benzene rings is 1. The topological polar surface area (TPSA) is 41.1 Å². The summed E-state index contributed by atoms with van der Waals surface area (Å²) in [6.45, 7) is 7.93. The van der Waals surface area contributed by atoms with Crippen molar-refractivity contribution in [2.75, 3.05) is 23.3 Å². The zero-order valence-corrected chi connectivity index (χ0v) is 11.7. The fraction of sp³-hybridized carbons (Fsp3) is 0.333. The van der Waals surface area contributed by atoms with Crippen molar-refractivity contribution in [3.8, 4) is 0 Å². The van der Waals surface area contributed by atoms with Gasteiger partial charge >= 0.3 is 0 Å². The molecule has 19 heavy (non-hydrogen) atoms. The predicted molar refractivity (Wildman–Crippen MR) is 80.1 cm³/mol. The Hall–Kier alpha value is -2.10. The van der Waals surface area contributed by atoms with E-state index in [2.05, 4.69) is 58.3 Å². The second kappa shape index (κ2) is 6.18. The normalized spacial score (nSPS) is 10.3. The van der Waals surface area contributed by atoms with Crippen LogP contribution in [0.3, 0.4) is 0 Å². The molecule has 0 aliphatic carbocycles. The van der Waals surface area contributed by atoms with Gasteiger partial charge in [0.05, 0.1) is 0 Å². The number of nitrogens with one attached hydrogen (secondary N) is 1. The third-order valence-corrected chi connectivity index (χ3v) is 2.91. The molecule has 0 saturated heterocycles. The molecule has 0 aliphatic rings. The minimum absolute atomic E-state index is 0.672. The lowest BCUT2D eigenvalue weighted by Crippen LogP contribution is -2.18. The van der Waals surface area contributed by atoms with Crippen LogP contribution in [-0.4, -0.2) is 23.1 Å². The Morgan fingerprint density at radius 3 is 2.47 bits per heavy atom. The zero-order valence-electron chi connectivity index (χ0n) is 11.7. The summed E-state index contributed by atoms with van der Waals surface area (Å²) < 4.78 is 0. The molecule has 4 heteroatoms. The number of hydrogen-bond acceptors (Lipinski definition) is 4. The Morgan fingerprint density at radius 2 is 1.84 bits per heavy atom. The molecule has 1 aromatic heterocycles. The first-order valence-electron chi connectivity index (χ1n) is 6.65. The molecule has 2 aromatic rings. The standard InChI is InChI=1S/C15H20N4/c1-4-16-15-17-11-10-14(18-15)19(5-2)13-8-6-12(3)7-9-13/h6-11H,4-5H2,1-3H3,(H,16,17,18). The van der Waals surface area contributed by atoms with Gasteiger partial charge < -0.3 is 10.2 Å². The molecule has 0 fully saturated rings. The summed E-state index contributed by atoms with van der Waals surface area (Å²) in [6, 6.07) is 10.4. The maximum Gasteiger partial charge on any atom is 0.224 e. The van der Waals surface area contributed by atoms with Crippen LogP contribution in [0.2, 0.25) is 0 Å². The number of aromatic nitrogens is 2. The SMILES string of the molecule is CCNc1nccc(N(CC)c2ccc(C)cc2)n1. The molecule has 2 rings (SSSR count). The van der Waals surface area contributed by atoms with Crippen molar-refractivity contribution in [2.24, 2.45) is 0 Å². The Labute approximate surface area is 114 Å². The first kappa shape index (κ1) is 13.3. The van der Waals surface area contributed by atoms with Crippen LogP contribution in [0, 0.1) is 6.92 Å². The maximum atomic E-state index is 4.54. The number of nitrogens with zero attached hydrogens (tertiary/aromatic N) is 3. The molecule has 0 unspecified atom stereocenters. The number of anilines is 3. The van der Waals surface area contributed by atoms with E-state index in [1.807, 2.05) is 13.0 Å².